The summed E-state index contributed by atoms with van der Waals surface area (Å²) in [5.41, 5.74) is 3.62. The Labute approximate surface area is 227 Å². The van der Waals surface area contributed by atoms with Crippen molar-refractivity contribution < 1.29 is 28.5 Å². The minimum Gasteiger partial charge on any atom is -0.481 e. The number of methoxy groups -OCH3 is 1. The first-order chi connectivity index (χ1) is 19.0. The molecule has 0 bridgehead atoms. The first-order valence-corrected chi connectivity index (χ1v) is 13.1. The summed E-state index contributed by atoms with van der Waals surface area (Å²) >= 11 is 0. The Morgan fingerprint density at radius 2 is 2.15 bits per heavy atom. The fourth-order valence-electron chi connectivity index (χ4n) is 4.90. The van der Waals surface area contributed by atoms with E-state index in [0.717, 1.165) is 35.0 Å². The molecule has 3 aliphatic rings. The minimum absolute atomic E-state index is 0.0987. The number of fused-ring (bicyclic) bond motifs is 1. The maximum atomic E-state index is 12.7. The summed E-state index contributed by atoms with van der Waals surface area (Å²) in [4.78, 5) is 35.0. The molecule has 2 amide bonds. The Morgan fingerprint density at radius 1 is 1.26 bits per heavy atom. The number of amides is 2. The Balaban J connectivity index is 1.18. The highest BCUT2D eigenvalue weighted by atomic mass is 16.6. The molecule has 5 rings (SSSR count). The maximum Gasteiger partial charge on any atom is 0.417 e. The highest BCUT2D eigenvalue weighted by Crippen LogP contribution is 2.30. The van der Waals surface area contributed by atoms with Crippen molar-refractivity contribution in [3.05, 3.63) is 77.9 Å². The van der Waals surface area contributed by atoms with E-state index in [2.05, 4.69) is 21.4 Å². The molecule has 0 radical (unpaired) electrons. The molecule has 1 aliphatic carbocycles. The van der Waals surface area contributed by atoms with E-state index >= 15 is 0 Å². The average Bonchev–Trinajstić information content (AvgIpc) is 3.34. The van der Waals surface area contributed by atoms with Crippen LogP contribution in [0, 0.1) is 0 Å². The van der Waals surface area contributed by atoms with Gasteiger partial charge in [-0.15, -0.1) is 0 Å². The Kier molecular flexibility index (Phi) is 8.10. The van der Waals surface area contributed by atoms with Gasteiger partial charge in [0.2, 0.25) is 17.7 Å². The molecule has 2 aliphatic heterocycles. The molecule has 1 saturated heterocycles. The summed E-state index contributed by atoms with van der Waals surface area (Å²) < 4.78 is 22.4. The number of nitrogens with one attached hydrogen (secondary N) is 1. The van der Waals surface area contributed by atoms with Crippen molar-refractivity contribution in [1.29, 1.82) is 0 Å². The van der Waals surface area contributed by atoms with Gasteiger partial charge in [0.25, 0.3) is 0 Å². The van der Waals surface area contributed by atoms with E-state index in [1.54, 1.807) is 25.6 Å². The highest BCUT2D eigenvalue weighted by molar-refractivity contribution is 5.78. The van der Waals surface area contributed by atoms with Crippen LogP contribution in [0.4, 0.5) is 4.79 Å². The summed E-state index contributed by atoms with van der Waals surface area (Å²) in [6.07, 6.45) is 14.4. The van der Waals surface area contributed by atoms with Gasteiger partial charge in [-0.25, -0.2) is 14.7 Å². The van der Waals surface area contributed by atoms with Crippen LogP contribution in [0.1, 0.15) is 44.6 Å². The van der Waals surface area contributed by atoms with Crippen LogP contribution in [0.2, 0.25) is 0 Å². The number of ether oxygens (including phenoxy) is 4. The van der Waals surface area contributed by atoms with Crippen molar-refractivity contribution in [2.75, 3.05) is 13.7 Å². The summed E-state index contributed by atoms with van der Waals surface area (Å²) in [6.45, 7) is 1.85. The van der Waals surface area contributed by atoms with Gasteiger partial charge >= 0.3 is 6.09 Å². The van der Waals surface area contributed by atoms with Crippen LogP contribution in [0.5, 0.6) is 5.88 Å². The van der Waals surface area contributed by atoms with Crippen LogP contribution in [0.25, 0.3) is 11.0 Å². The smallest absolute Gasteiger partial charge is 0.417 e. The van der Waals surface area contributed by atoms with E-state index in [9.17, 15) is 9.59 Å². The van der Waals surface area contributed by atoms with Crippen molar-refractivity contribution in [3.8, 4) is 5.88 Å². The van der Waals surface area contributed by atoms with Crippen LogP contribution < -0.4 is 10.1 Å². The predicted octanol–water partition coefficient (Wildman–Crippen LogP) is 4.64. The van der Waals surface area contributed by atoms with Gasteiger partial charge in [-0.1, -0.05) is 18.2 Å². The van der Waals surface area contributed by atoms with Gasteiger partial charge in [0.05, 0.1) is 24.7 Å². The van der Waals surface area contributed by atoms with E-state index < -0.39 is 6.09 Å². The quantitative estimate of drug-likeness (QED) is 0.471. The van der Waals surface area contributed by atoms with Crippen molar-refractivity contribution in [2.24, 2.45) is 0 Å². The molecule has 39 heavy (non-hydrogen) atoms. The molecule has 10 nitrogen and oxygen atoms in total. The number of nitrogens with zero attached hydrogens (tertiary/aromatic N) is 3. The molecule has 0 spiro atoms. The van der Waals surface area contributed by atoms with Crippen molar-refractivity contribution in [2.45, 2.75) is 57.6 Å². The summed E-state index contributed by atoms with van der Waals surface area (Å²) in [7, 11) is 1.58. The van der Waals surface area contributed by atoms with Crippen LogP contribution in [-0.4, -0.2) is 52.7 Å². The van der Waals surface area contributed by atoms with Crippen LogP contribution >= 0.6 is 0 Å². The van der Waals surface area contributed by atoms with Gasteiger partial charge in [0.15, 0.2) is 12.0 Å². The van der Waals surface area contributed by atoms with Gasteiger partial charge in [0.1, 0.15) is 12.4 Å². The molecule has 1 fully saturated rings. The average molecular weight is 533 g/mol. The van der Waals surface area contributed by atoms with E-state index in [1.165, 1.54) is 18.1 Å². The third kappa shape index (κ3) is 6.39. The van der Waals surface area contributed by atoms with E-state index in [-0.39, 0.29) is 18.1 Å². The number of carbonyl (C=O) groups excluding carboxylic acids is 2. The van der Waals surface area contributed by atoms with Crippen molar-refractivity contribution in [1.82, 2.24) is 20.2 Å². The standard InChI is InChI=1S/C29H32N4O6/c1-19(34)31-22(9-8-21-14-15-30-24-12-13-26(36-2)32-28(21)24)10-11-23-16-33(29(35)38-23)27-18-37-17-25(39-27)20-6-4-3-5-7-20/h3-4,6,12-15,17-18,22-23H,5,7-11,16H2,1-2H3,(H,31,34)/t22-,23-/m0/s1. The van der Waals surface area contributed by atoms with Crippen LogP contribution in [0.3, 0.4) is 0 Å². The van der Waals surface area contributed by atoms with Crippen molar-refractivity contribution >= 4 is 23.0 Å². The van der Waals surface area contributed by atoms with Gasteiger partial charge in [-0.05, 0) is 61.8 Å². The summed E-state index contributed by atoms with van der Waals surface area (Å²) in [6, 6.07) is 5.51. The molecule has 2 atom stereocenters. The first kappa shape index (κ1) is 26.3. The highest BCUT2D eigenvalue weighted by Gasteiger charge is 2.36. The Morgan fingerprint density at radius 3 is 2.95 bits per heavy atom. The lowest BCUT2D eigenvalue weighted by Gasteiger charge is -2.23. The van der Waals surface area contributed by atoms with Crippen molar-refractivity contribution in [3.63, 3.8) is 0 Å². The fraction of sp³-hybridized carbons (Fsp3) is 0.379. The topological polar surface area (TPSA) is 112 Å². The molecule has 10 heteroatoms. The van der Waals surface area contributed by atoms with Crippen LogP contribution in [0.15, 0.2) is 72.4 Å². The monoisotopic (exact) mass is 532 g/mol. The first-order valence-electron chi connectivity index (χ1n) is 13.1. The molecular formula is C29H32N4O6. The molecule has 0 saturated carbocycles. The second-order valence-corrected chi connectivity index (χ2v) is 9.66. The van der Waals surface area contributed by atoms with E-state index in [4.69, 9.17) is 18.9 Å². The summed E-state index contributed by atoms with van der Waals surface area (Å²) in [5, 5.41) is 3.04. The van der Waals surface area contributed by atoms with Gasteiger partial charge < -0.3 is 24.3 Å². The Hall–Kier alpha value is -4.34. The number of hydrogen-bond donors (Lipinski definition) is 1. The number of carbonyl (C=O) groups is 2. The Bertz CT molecular complexity index is 1360. The lowest BCUT2D eigenvalue weighted by atomic mass is 9.99. The molecule has 4 heterocycles. The second kappa shape index (κ2) is 12.0. The maximum absolute atomic E-state index is 12.7. The molecule has 2 aromatic heterocycles. The summed E-state index contributed by atoms with van der Waals surface area (Å²) in [5.74, 6) is 1.32. The lowest BCUT2D eigenvalue weighted by Crippen LogP contribution is -2.34. The molecule has 0 unspecified atom stereocenters. The number of aromatic nitrogens is 2. The fourth-order valence-corrected chi connectivity index (χ4v) is 4.90. The molecule has 1 N–H and O–H groups in total. The number of allylic oxidation sites excluding steroid dienone is 4. The van der Waals surface area contributed by atoms with Crippen LogP contribution in [-0.2, 0) is 25.4 Å². The van der Waals surface area contributed by atoms with E-state index in [0.29, 0.717) is 49.8 Å². The normalized spacial score (nSPS) is 19.3. The third-order valence-electron chi connectivity index (χ3n) is 6.89. The lowest BCUT2D eigenvalue weighted by molar-refractivity contribution is -0.119. The molecule has 2 aromatic rings. The SMILES string of the molecule is COc1ccc2nccc(CC[C@@H](CC[C@H]3CN(C4=COC=C(C5=CC=CCC5)O4)C(=O)O3)NC(C)=O)c2n1. The van der Waals surface area contributed by atoms with Gasteiger partial charge in [0, 0.05) is 25.2 Å². The zero-order valence-corrected chi connectivity index (χ0v) is 22.1. The number of hydrogen-bond acceptors (Lipinski definition) is 8. The third-order valence-corrected chi connectivity index (χ3v) is 6.89. The zero-order valence-electron chi connectivity index (χ0n) is 22.1. The number of cyclic esters (lactones) is 1. The van der Waals surface area contributed by atoms with Gasteiger partial charge in [-0.2, -0.15) is 0 Å². The minimum atomic E-state index is -0.479. The van der Waals surface area contributed by atoms with Gasteiger partial charge in [-0.3, -0.25) is 9.78 Å². The number of pyridine rings is 2. The van der Waals surface area contributed by atoms with E-state index in [1.807, 2.05) is 24.3 Å². The molecule has 0 aromatic carbocycles. The number of aryl methyl sites for hydroxylation is 1. The molecular weight excluding hydrogens is 500 g/mol. The number of rotatable bonds is 10. The predicted molar refractivity (Wildman–Crippen MR) is 143 cm³/mol. The molecule has 204 valence electrons. The largest absolute Gasteiger partial charge is 0.481 e. The zero-order chi connectivity index (χ0) is 27.2. The second-order valence-electron chi connectivity index (χ2n) is 9.66.